The maximum atomic E-state index is 8.64. The lowest BCUT2D eigenvalue weighted by Crippen LogP contribution is -2.21. The van der Waals surface area contributed by atoms with Crippen LogP contribution in [0.25, 0.3) is 0 Å². The molecule has 0 fully saturated rings. The van der Waals surface area contributed by atoms with Gasteiger partial charge in [0.25, 0.3) is 0 Å². The molecule has 2 N–H and O–H groups in total. The molecule has 0 spiro atoms. The van der Waals surface area contributed by atoms with Gasteiger partial charge in [-0.15, -0.1) is 0 Å². The van der Waals surface area contributed by atoms with Crippen molar-refractivity contribution in [3.8, 4) is 5.75 Å². The van der Waals surface area contributed by atoms with Gasteiger partial charge >= 0.3 is 0 Å². The van der Waals surface area contributed by atoms with Crippen LogP contribution in [0.4, 0.5) is 0 Å². The molecule has 0 aliphatic rings. The van der Waals surface area contributed by atoms with E-state index in [1.807, 2.05) is 12.1 Å². The van der Waals surface area contributed by atoms with Crippen molar-refractivity contribution in [3.05, 3.63) is 29.8 Å². The highest BCUT2D eigenvalue weighted by Crippen LogP contribution is 2.12. The van der Waals surface area contributed by atoms with E-state index in [1.165, 1.54) is 5.56 Å². The zero-order valence-corrected chi connectivity index (χ0v) is 10.8. The van der Waals surface area contributed by atoms with Crippen LogP contribution in [0.15, 0.2) is 24.3 Å². The van der Waals surface area contributed by atoms with Gasteiger partial charge in [-0.1, -0.05) is 26.0 Å². The van der Waals surface area contributed by atoms with E-state index in [2.05, 4.69) is 31.3 Å². The Bertz CT molecular complexity index is 296. The number of aliphatic hydroxyl groups is 1. The predicted molar refractivity (Wildman–Crippen MR) is 70.2 cm³/mol. The lowest BCUT2D eigenvalue weighted by molar-refractivity contribution is 0.253. The van der Waals surface area contributed by atoms with Crippen molar-refractivity contribution in [2.24, 2.45) is 0 Å². The molecule has 0 atom stereocenters. The summed E-state index contributed by atoms with van der Waals surface area (Å²) in [5.74, 6) is 0.899. The maximum Gasteiger partial charge on any atom is 0.119 e. The lowest BCUT2D eigenvalue weighted by Gasteiger charge is -2.09. The number of aliphatic hydroxyl groups excluding tert-OH is 1. The van der Waals surface area contributed by atoms with Crippen LogP contribution < -0.4 is 10.1 Å². The fourth-order valence-corrected chi connectivity index (χ4v) is 1.43. The van der Waals surface area contributed by atoms with Gasteiger partial charge in [-0.3, -0.25) is 0 Å². The van der Waals surface area contributed by atoms with E-state index >= 15 is 0 Å². The van der Waals surface area contributed by atoms with Crippen molar-refractivity contribution in [3.63, 3.8) is 0 Å². The topological polar surface area (TPSA) is 41.5 Å². The summed E-state index contributed by atoms with van der Waals surface area (Å²) in [6.45, 7) is 6.08. The van der Waals surface area contributed by atoms with Gasteiger partial charge < -0.3 is 15.2 Å². The Labute approximate surface area is 104 Å². The second-order valence-corrected chi connectivity index (χ2v) is 4.46. The average molecular weight is 237 g/mol. The molecule has 0 saturated heterocycles. The lowest BCUT2D eigenvalue weighted by atomic mass is 10.2. The first kappa shape index (κ1) is 14.0. The van der Waals surface area contributed by atoms with Crippen LogP contribution in [0.2, 0.25) is 0 Å². The molecule has 1 rings (SSSR count). The molecule has 1 aromatic carbocycles. The summed E-state index contributed by atoms with van der Waals surface area (Å²) in [4.78, 5) is 0. The molecule has 0 aliphatic heterocycles. The van der Waals surface area contributed by atoms with Gasteiger partial charge in [0.1, 0.15) is 5.75 Å². The van der Waals surface area contributed by atoms with Gasteiger partial charge in [-0.25, -0.2) is 0 Å². The molecular formula is C14H23NO2. The van der Waals surface area contributed by atoms with Crippen molar-refractivity contribution in [2.45, 2.75) is 39.3 Å². The quantitative estimate of drug-likeness (QED) is 0.682. The van der Waals surface area contributed by atoms with Gasteiger partial charge in [0, 0.05) is 19.2 Å². The first-order chi connectivity index (χ1) is 8.22. The number of ether oxygens (including phenoxy) is 1. The Morgan fingerprint density at radius 2 is 1.88 bits per heavy atom. The second-order valence-electron chi connectivity index (χ2n) is 4.46. The Morgan fingerprint density at radius 3 is 2.47 bits per heavy atom. The van der Waals surface area contributed by atoms with Crippen molar-refractivity contribution in [1.29, 1.82) is 0 Å². The molecule has 0 heterocycles. The Balaban J connectivity index is 2.29. The zero-order valence-electron chi connectivity index (χ0n) is 10.8. The number of hydrogen-bond acceptors (Lipinski definition) is 3. The summed E-state index contributed by atoms with van der Waals surface area (Å²) in [5.41, 5.74) is 1.27. The van der Waals surface area contributed by atoms with Crippen LogP contribution in [-0.2, 0) is 6.54 Å². The Hall–Kier alpha value is -1.06. The van der Waals surface area contributed by atoms with Gasteiger partial charge in [0.2, 0.25) is 0 Å². The van der Waals surface area contributed by atoms with E-state index in [9.17, 15) is 0 Å². The number of nitrogens with one attached hydrogen (secondary N) is 1. The molecule has 0 unspecified atom stereocenters. The summed E-state index contributed by atoms with van der Waals surface area (Å²) in [5, 5.41) is 12.0. The standard InChI is InChI=1S/C14H23NO2/c1-12(2)15-11-13-5-7-14(8-6-13)17-10-4-3-9-16/h5-8,12,15-16H,3-4,9-11H2,1-2H3. The molecule has 0 radical (unpaired) electrons. The van der Waals surface area contributed by atoms with Crippen LogP contribution >= 0.6 is 0 Å². The number of hydrogen-bond donors (Lipinski definition) is 2. The van der Waals surface area contributed by atoms with E-state index < -0.39 is 0 Å². The summed E-state index contributed by atoms with van der Waals surface area (Å²) in [6.07, 6.45) is 1.70. The van der Waals surface area contributed by atoms with E-state index in [1.54, 1.807) is 0 Å². The van der Waals surface area contributed by atoms with Crippen molar-refractivity contribution >= 4 is 0 Å². The minimum Gasteiger partial charge on any atom is -0.494 e. The smallest absolute Gasteiger partial charge is 0.119 e. The highest BCUT2D eigenvalue weighted by atomic mass is 16.5. The molecule has 3 nitrogen and oxygen atoms in total. The SMILES string of the molecule is CC(C)NCc1ccc(OCCCCO)cc1. The van der Waals surface area contributed by atoms with Crippen LogP contribution in [0.1, 0.15) is 32.3 Å². The molecule has 1 aromatic rings. The highest BCUT2D eigenvalue weighted by Gasteiger charge is 1.97. The Kier molecular flexibility index (Phi) is 6.67. The molecule has 0 aromatic heterocycles. The normalized spacial score (nSPS) is 10.8. The summed E-state index contributed by atoms with van der Waals surface area (Å²) in [6, 6.07) is 8.66. The number of benzene rings is 1. The maximum absolute atomic E-state index is 8.64. The molecule has 0 amide bonds. The van der Waals surface area contributed by atoms with Crippen molar-refractivity contribution in [1.82, 2.24) is 5.32 Å². The van der Waals surface area contributed by atoms with Crippen LogP contribution in [0, 0.1) is 0 Å². The summed E-state index contributed by atoms with van der Waals surface area (Å²) in [7, 11) is 0. The van der Waals surface area contributed by atoms with Crippen molar-refractivity contribution < 1.29 is 9.84 Å². The van der Waals surface area contributed by atoms with Gasteiger partial charge in [-0.2, -0.15) is 0 Å². The first-order valence-corrected chi connectivity index (χ1v) is 6.28. The van der Waals surface area contributed by atoms with Crippen molar-refractivity contribution in [2.75, 3.05) is 13.2 Å². The third-order valence-electron chi connectivity index (χ3n) is 2.46. The van der Waals surface area contributed by atoms with E-state index in [0.29, 0.717) is 12.6 Å². The first-order valence-electron chi connectivity index (χ1n) is 6.28. The monoisotopic (exact) mass is 237 g/mol. The fourth-order valence-electron chi connectivity index (χ4n) is 1.43. The number of rotatable bonds is 8. The average Bonchev–Trinajstić information content (AvgIpc) is 2.33. The molecule has 0 bridgehead atoms. The third-order valence-corrected chi connectivity index (χ3v) is 2.46. The Morgan fingerprint density at radius 1 is 1.18 bits per heavy atom. The minimum atomic E-state index is 0.239. The fraction of sp³-hybridized carbons (Fsp3) is 0.571. The largest absolute Gasteiger partial charge is 0.494 e. The van der Waals surface area contributed by atoms with Gasteiger partial charge in [-0.05, 0) is 30.5 Å². The minimum absolute atomic E-state index is 0.239. The van der Waals surface area contributed by atoms with E-state index in [0.717, 1.165) is 25.1 Å². The highest BCUT2D eigenvalue weighted by molar-refractivity contribution is 5.27. The molecule has 96 valence electrons. The molecule has 3 heteroatoms. The molecule has 0 aliphatic carbocycles. The summed E-state index contributed by atoms with van der Waals surface area (Å²) >= 11 is 0. The van der Waals surface area contributed by atoms with E-state index in [4.69, 9.17) is 9.84 Å². The molecular weight excluding hydrogens is 214 g/mol. The molecule has 0 saturated carbocycles. The zero-order chi connectivity index (χ0) is 12.5. The summed E-state index contributed by atoms with van der Waals surface area (Å²) < 4.78 is 5.56. The molecule has 17 heavy (non-hydrogen) atoms. The van der Waals surface area contributed by atoms with Gasteiger partial charge in [0.15, 0.2) is 0 Å². The van der Waals surface area contributed by atoms with E-state index in [-0.39, 0.29) is 6.61 Å². The van der Waals surface area contributed by atoms with Crippen LogP contribution in [0.5, 0.6) is 5.75 Å². The second kappa shape index (κ2) is 8.09. The number of unbranched alkanes of at least 4 members (excludes halogenated alkanes) is 1. The predicted octanol–water partition coefficient (Wildman–Crippen LogP) is 2.34. The van der Waals surface area contributed by atoms with Crippen LogP contribution in [0.3, 0.4) is 0 Å². The van der Waals surface area contributed by atoms with Crippen LogP contribution in [-0.4, -0.2) is 24.4 Å². The van der Waals surface area contributed by atoms with Gasteiger partial charge in [0.05, 0.1) is 6.61 Å². The third kappa shape index (κ3) is 6.29.